The van der Waals surface area contributed by atoms with E-state index in [-0.39, 0.29) is 5.91 Å². The smallest absolute Gasteiger partial charge is 0.252 e. The Balaban J connectivity index is 1.73. The second-order valence-electron chi connectivity index (χ2n) is 3.78. The lowest BCUT2D eigenvalue weighted by Gasteiger charge is -2.05. The van der Waals surface area contributed by atoms with E-state index in [0.29, 0.717) is 12.1 Å². The molecule has 5 nitrogen and oxygen atoms in total. The molecule has 0 radical (unpaired) electrons. The first-order valence-electron chi connectivity index (χ1n) is 5.61. The zero-order chi connectivity index (χ0) is 12.8. The molecule has 2 rings (SSSR count). The lowest BCUT2D eigenvalue weighted by Crippen LogP contribution is -2.25. The van der Waals surface area contributed by atoms with Crippen LogP contribution in [0.2, 0.25) is 0 Å². The Labute approximate surface area is 113 Å². The van der Waals surface area contributed by atoms with Gasteiger partial charge in [-0.05, 0) is 34.5 Å². The normalized spacial score (nSPS) is 10.3. The van der Waals surface area contributed by atoms with Crippen LogP contribution in [0.5, 0.6) is 0 Å². The van der Waals surface area contributed by atoms with Crippen molar-refractivity contribution < 1.29 is 4.79 Å². The number of nitrogens with one attached hydrogen (secondary N) is 1. The summed E-state index contributed by atoms with van der Waals surface area (Å²) in [6.45, 7) is 1.48. The minimum Gasteiger partial charge on any atom is -0.352 e. The summed E-state index contributed by atoms with van der Waals surface area (Å²) in [5.41, 5.74) is 0.570. The average molecular weight is 309 g/mol. The quantitative estimate of drug-likeness (QED) is 0.677. The third-order valence-electron chi connectivity index (χ3n) is 2.43. The predicted octanol–water partition coefficient (Wildman–Crippen LogP) is 1.86. The van der Waals surface area contributed by atoms with E-state index < -0.39 is 0 Å². The van der Waals surface area contributed by atoms with Crippen molar-refractivity contribution in [3.63, 3.8) is 0 Å². The molecule has 0 aliphatic rings. The Morgan fingerprint density at radius 1 is 1.44 bits per heavy atom. The first kappa shape index (κ1) is 12.8. The van der Waals surface area contributed by atoms with Crippen molar-refractivity contribution in [2.75, 3.05) is 6.54 Å². The Hall–Kier alpha value is -1.69. The highest BCUT2D eigenvalue weighted by Crippen LogP contribution is 2.06. The van der Waals surface area contributed by atoms with Crippen molar-refractivity contribution in [1.29, 1.82) is 0 Å². The van der Waals surface area contributed by atoms with E-state index in [2.05, 4.69) is 31.2 Å². The van der Waals surface area contributed by atoms with Gasteiger partial charge in [0.25, 0.3) is 5.91 Å². The standard InChI is InChI=1S/C12H13BrN4O/c13-11-3-2-10(8-16-11)12(18)15-4-1-6-17-7-5-14-9-17/h2-3,5,7-9H,1,4,6H2,(H,15,18). The SMILES string of the molecule is O=C(NCCCn1ccnc1)c1ccc(Br)nc1. The van der Waals surface area contributed by atoms with Crippen molar-refractivity contribution in [1.82, 2.24) is 19.9 Å². The van der Waals surface area contributed by atoms with Gasteiger partial charge in [-0.1, -0.05) is 0 Å². The molecule has 0 atom stereocenters. The molecular weight excluding hydrogens is 296 g/mol. The van der Waals surface area contributed by atoms with E-state index in [1.165, 1.54) is 0 Å². The summed E-state index contributed by atoms with van der Waals surface area (Å²) in [7, 11) is 0. The number of halogens is 1. The number of carbonyl (C=O) groups excluding carboxylic acids is 1. The summed E-state index contributed by atoms with van der Waals surface area (Å²) in [4.78, 5) is 19.7. The van der Waals surface area contributed by atoms with Crippen LogP contribution in [0.25, 0.3) is 0 Å². The fourth-order valence-corrected chi connectivity index (χ4v) is 1.73. The van der Waals surface area contributed by atoms with Crippen molar-refractivity contribution >= 4 is 21.8 Å². The first-order valence-corrected chi connectivity index (χ1v) is 6.40. The van der Waals surface area contributed by atoms with Gasteiger partial charge in [-0.2, -0.15) is 0 Å². The topological polar surface area (TPSA) is 59.8 Å². The number of nitrogens with zero attached hydrogens (tertiary/aromatic N) is 3. The van der Waals surface area contributed by atoms with Gasteiger partial charge in [0.15, 0.2) is 0 Å². The van der Waals surface area contributed by atoms with Crippen LogP contribution < -0.4 is 5.32 Å². The fourth-order valence-electron chi connectivity index (χ4n) is 1.49. The molecule has 0 aliphatic carbocycles. The second kappa shape index (κ2) is 6.30. The van der Waals surface area contributed by atoms with Crippen LogP contribution in [0.3, 0.4) is 0 Å². The largest absolute Gasteiger partial charge is 0.352 e. The van der Waals surface area contributed by atoms with Crippen molar-refractivity contribution in [2.45, 2.75) is 13.0 Å². The zero-order valence-corrected chi connectivity index (χ0v) is 11.3. The van der Waals surface area contributed by atoms with E-state index >= 15 is 0 Å². The maximum absolute atomic E-state index is 11.7. The van der Waals surface area contributed by atoms with E-state index in [0.717, 1.165) is 17.6 Å². The first-order chi connectivity index (χ1) is 8.75. The number of hydrogen-bond donors (Lipinski definition) is 1. The number of hydrogen-bond acceptors (Lipinski definition) is 3. The Kier molecular flexibility index (Phi) is 4.46. The fraction of sp³-hybridized carbons (Fsp3) is 0.250. The van der Waals surface area contributed by atoms with E-state index in [4.69, 9.17) is 0 Å². The number of aromatic nitrogens is 3. The molecule has 0 unspecified atom stereocenters. The van der Waals surface area contributed by atoms with E-state index in [1.54, 1.807) is 30.9 Å². The molecule has 0 bridgehead atoms. The summed E-state index contributed by atoms with van der Waals surface area (Å²) in [6, 6.07) is 3.49. The monoisotopic (exact) mass is 308 g/mol. The number of aryl methyl sites for hydroxylation is 1. The van der Waals surface area contributed by atoms with Gasteiger partial charge in [0, 0.05) is 31.7 Å². The maximum atomic E-state index is 11.7. The molecular formula is C12H13BrN4O. The zero-order valence-electron chi connectivity index (χ0n) is 9.71. The molecule has 2 aromatic heterocycles. The number of pyridine rings is 1. The molecule has 0 aliphatic heterocycles. The van der Waals surface area contributed by atoms with Gasteiger partial charge in [0.05, 0.1) is 11.9 Å². The maximum Gasteiger partial charge on any atom is 0.252 e. The average Bonchev–Trinajstić information content (AvgIpc) is 2.88. The highest BCUT2D eigenvalue weighted by Gasteiger charge is 2.04. The molecule has 94 valence electrons. The van der Waals surface area contributed by atoms with Crippen LogP contribution in [0.15, 0.2) is 41.7 Å². The number of rotatable bonds is 5. The minimum atomic E-state index is -0.0966. The molecule has 0 saturated heterocycles. The van der Waals surface area contributed by atoms with Crippen molar-refractivity contribution in [3.05, 3.63) is 47.2 Å². The van der Waals surface area contributed by atoms with Crippen LogP contribution in [-0.2, 0) is 6.54 Å². The minimum absolute atomic E-state index is 0.0966. The summed E-state index contributed by atoms with van der Waals surface area (Å²) in [5.74, 6) is -0.0966. The molecule has 0 spiro atoms. The van der Waals surface area contributed by atoms with Gasteiger partial charge in [0.2, 0.25) is 0 Å². The van der Waals surface area contributed by atoms with Gasteiger partial charge in [-0.15, -0.1) is 0 Å². The number of amides is 1. The molecule has 1 amide bonds. The molecule has 1 N–H and O–H groups in total. The Morgan fingerprint density at radius 3 is 3.00 bits per heavy atom. The van der Waals surface area contributed by atoms with Gasteiger partial charge >= 0.3 is 0 Å². The molecule has 0 fully saturated rings. The lowest BCUT2D eigenvalue weighted by atomic mass is 10.2. The molecule has 18 heavy (non-hydrogen) atoms. The molecule has 2 heterocycles. The van der Waals surface area contributed by atoms with E-state index in [1.807, 2.05) is 10.8 Å². The molecule has 0 saturated carbocycles. The predicted molar refractivity (Wildman–Crippen MR) is 71.1 cm³/mol. The van der Waals surface area contributed by atoms with Crippen LogP contribution in [0, 0.1) is 0 Å². The molecule has 6 heteroatoms. The third-order valence-corrected chi connectivity index (χ3v) is 2.90. The van der Waals surface area contributed by atoms with Gasteiger partial charge < -0.3 is 9.88 Å². The number of carbonyl (C=O) groups is 1. The summed E-state index contributed by atoms with van der Waals surface area (Å²) >= 11 is 3.23. The van der Waals surface area contributed by atoms with Crippen LogP contribution in [0.4, 0.5) is 0 Å². The lowest BCUT2D eigenvalue weighted by molar-refractivity contribution is 0.0952. The van der Waals surface area contributed by atoms with Crippen LogP contribution >= 0.6 is 15.9 Å². The van der Waals surface area contributed by atoms with E-state index in [9.17, 15) is 4.79 Å². The van der Waals surface area contributed by atoms with Gasteiger partial charge in [0.1, 0.15) is 4.60 Å². The van der Waals surface area contributed by atoms with Crippen LogP contribution in [-0.4, -0.2) is 27.0 Å². The van der Waals surface area contributed by atoms with Gasteiger partial charge in [-0.25, -0.2) is 9.97 Å². The third kappa shape index (κ3) is 3.66. The Morgan fingerprint density at radius 2 is 2.33 bits per heavy atom. The highest BCUT2D eigenvalue weighted by molar-refractivity contribution is 9.10. The van der Waals surface area contributed by atoms with Crippen molar-refractivity contribution in [2.24, 2.45) is 0 Å². The summed E-state index contributed by atoms with van der Waals surface area (Å²) in [5, 5.41) is 2.85. The number of imidazole rings is 1. The van der Waals surface area contributed by atoms with Crippen LogP contribution in [0.1, 0.15) is 16.8 Å². The summed E-state index contributed by atoms with van der Waals surface area (Å²) in [6.07, 6.45) is 7.83. The molecule has 0 aromatic carbocycles. The second-order valence-corrected chi connectivity index (χ2v) is 4.59. The van der Waals surface area contributed by atoms with Gasteiger partial charge in [-0.3, -0.25) is 4.79 Å². The Bertz CT molecular complexity index is 495. The summed E-state index contributed by atoms with van der Waals surface area (Å²) < 4.78 is 2.70. The van der Waals surface area contributed by atoms with Crippen molar-refractivity contribution in [3.8, 4) is 0 Å². The molecule has 2 aromatic rings. The highest BCUT2D eigenvalue weighted by atomic mass is 79.9.